The summed E-state index contributed by atoms with van der Waals surface area (Å²) in [7, 11) is 1.62. The topological polar surface area (TPSA) is 62.7 Å². The molecule has 8 heteroatoms. The number of piperidine rings is 1. The largest absolute Gasteiger partial charge is 0.390 e. The van der Waals surface area contributed by atoms with E-state index < -0.39 is 6.10 Å². The Hall–Kier alpha value is -0.990. The number of aliphatic hydroxyl groups excluding tert-OH is 1. The number of benzene rings is 1. The van der Waals surface area contributed by atoms with Crippen molar-refractivity contribution in [2.45, 2.75) is 63.1 Å². The van der Waals surface area contributed by atoms with Crippen molar-refractivity contribution in [1.82, 2.24) is 9.88 Å². The van der Waals surface area contributed by atoms with E-state index in [1.54, 1.807) is 7.11 Å². The number of methoxy groups -OCH3 is 1. The van der Waals surface area contributed by atoms with Crippen molar-refractivity contribution in [2.24, 2.45) is 11.8 Å². The van der Waals surface area contributed by atoms with Crippen LogP contribution in [0.5, 0.6) is 0 Å². The number of carbonyl (C=O) groups is 1. The van der Waals surface area contributed by atoms with E-state index in [0.717, 1.165) is 64.9 Å². The number of carbonyl (C=O) groups excluding carboxylic acids is 1. The molecular formula is C27H31Br2ClN2O3. The highest BCUT2D eigenvalue weighted by molar-refractivity contribution is 9.10. The molecule has 188 valence electrons. The first-order chi connectivity index (χ1) is 16.9. The van der Waals surface area contributed by atoms with Crippen LogP contribution in [0.3, 0.4) is 0 Å². The van der Waals surface area contributed by atoms with Crippen molar-refractivity contribution in [2.75, 3.05) is 20.2 Å². The summed E-state index contributed by atoms with van der Waals surface area (Å²) < 4.78 is 7.48. The third-order valence-electron chi connectivity index (χ3n) is 8.15. The van der Waals surface area contributed by atoms with E-state index in [9.17, 15) is 9.90 Å². The van der Waals surface area contributed by atoms with Gasteiger partial charge in [0.25, 0.3) is 0 Å². The number of ether oxygens (including phenoxy) is 1. The number of amides is 1. The summed E-state index contributed by atoms with van der Waals surface area (Å²) in [5.74, 6) is 0.714. The minimum atomic E-state index is -0.468. The van der Waals surface area contributed by atoms with Crippen molar-refractivity contribution in [3.63, 3.8) is 0 Å². The van der Waals surface area contributed by atoms with Gasteiger partial charge in [0.15, 0.2) is 0 Å². The number of aryl methyl sites for hydroxylation is 2. The molecule has 4 atom stereocenters. The van der Waals surface area contributed by atoms with Crippen molar-refractivity contribution < 1.29 is 14.6 Å². The fourth-order valence-electron chi connectivity index (χ4n) is 6.33. The molecule has 3 unspecified atom stereocenters. The Balaban J connectivity index is 1.38. The molecule has 5 rings (SSSR count). The van der Waals surface area contributed by atoms with E-state index in [4.69, 9.17) is 21.3 Å². The number of fused-ring (bicyclic) bond motifs is 2. The molecule has 2 aliphatic carbocycles. The van der Waals surface area contributed by atoms with E-state index in [1.165, 1.54) is 16.7 Å². The Kier molecular flexibility index (Phi) is 7.90. The van der Waals surface area contributed by atoms with Gasteiger partial charge in [-0.1, -0.05) is 27.5 Å². The highest BCUT2D eigenvalue weighted by Crippen LogP contribution is 2.46. The summed E-state index contributed by atoms with van der Waals surface area (Å²) in [6.45, 7) is 1.51. The Morgan fingerprint density at radius 1 is 1.11 bits per heavy atom. The van der Waals surface area contributed by atoms with Crippen LogP contribution in [-0.2, 0) is 22.4 Å². The van der Waals surface area contributed by atoms with Gasteiger partial charge in [-0.25, -0.2) is 0 Å². The fourth-order valence-corrected chi connectivity index (χ4v) is 7.83. The molecule has 0 radical (unpaired) electrons. The van der Waals surface area contributed by atoms with E-state index >= 15 is 0 Å². The standard InChI is InChI=1S/C27H31Br2ClN2O3/c1-35-23-12-18(4-5-22(23)33)27(34)32-8-6-15(7-9-32)25-24-16(11-20(30)13-21(24)29)2-3-17-10-19(28)14-31-26(17)25/h10-11,13-15,18,22-23,25,33H,2-9,12H2,1H3/t18?,22?,23?,25-/m1/s1. The maximum atomic E-state index is 13.3. The van der Waals surface area contributed by atoms with Gasteiger partial charge in [-0.2, -0.15) is 0 Å². The maximum Gasteiger partial charge on any atom is 0.225 e. The lowest BCUT2D eigenvalue weighted by molar-refractivity contribution is -0.142. The van der Waals surface area contributed by atoms with Gasteiger partial charge in [0.05, 0.1) is 17.9 Å². The summed E-state index contributed by atoms with van der Waals surface area (Å²) >= 11 is 13.9. The van der Waals surface area contributed by atoms with Crippen molar-refractivity contribution in [3.8, 4) is 0 Å². The van der Waals surface area contributed by atoms with Crippen LogP contribution in [0.15, 0.2) is 33.3 Å². The predicted octanol–water partition coefficient (Wildman–Crippen LogP) is 5.91. The number of nitrogens with zero attached hydrogens (tertiary/aromatic N) is 2. The molecule has 1 saturated heterocycles. The van der Waals surface area contributed by atoms with Crippen LogP contribution in [0.2, 0.25) is 5.02 Å². The van der Waals surface area contributed by atoms with Gasteiger partial charge in [-0.15, -0.1) is 0 Å². The summed E-state index contributed by atoms with van der Waals surface area (Å²) in [5.41, 5.74) is 5.03. The van der Waals surface area contributed by atoms with Crippen LogP contribution < -0.4 is 0 Å². The second-order valence-electron chi connectivity index (χ2n) is 10.2. The van der Waals surface area contributed by atoms with Crippen molar-refractivity contribution in [1.29, 1.82) is 0 Å². The number of rotatable bonds is 3. The molecule has 1 aliphatic heterocycles. The van der Waals surface area contributed by atoms with E-state index in [1.807, 2.05) is 17.2 Å². The minimum absolute atomic E-state index is 0.0606. The van der Waals surface area contributed by atoms with E-state index in [-0.39, 0.29) is 23.8 Å². The highest BCUT2D eigenvalue weighted by atomic mass is 79.9. The molecule has 5 nitrogen and oxygen atoms in total. The lowest BCUT2D eigenvalue weighted by Crippen LogP contribution is -2.46. The van der Waals surface area contributed by atoms with Gasteiger partial charge >= 0.3 is 0 Å². The average Bonchev–Trinajstić information content (AvgIpc) is 3.01. The van der Waals surface area contributed by atoms with Gasteiger partial charge in [0.2, 0.25) is 5.91 Å². The normalized spacial score (nSPS) is 27.2. The Morgan fingerprint density at radius 3 is 2.60 bits per heavy atom. The lowest BCUT2D eigenvalue weighted by Gasteiger charge is -2.40. The third-order valence-corrected chi connectivity index (χ3v) is 9.46. The zero-order valence-corrected chi connectivity index (χ0v) is 23.8. The van der Waals surface area contributed by atoms with E-state index in [2.05, 4.69) is 44.0 Å². The zero-order chi connectivity index (χ0) is 24.7. The van der Waals surface area contributed by atoms with Crippen LogP contribution in [0.25, 0.3) is 0 Å². The molecule has 1 aromatic heterocycles. The van der Waals surface area contributed by atoms with Gasteiger partial charge in [-0.3, -0.25) is 9.78 Å². The number of hydrogen-bond acceptors (Lipinski definition) is 4. The minimum Gasteiger partial charge on any atom is -0.390 e. The molecule has 2 heterocycles. The molecule has 1 amide bonds. The summed E-state index contributed by atoms with van der Waals surface area (Å²) in [6, 6.07) is 6.32. The first kappa shape index (κ1) is 25.7. The van der Waals surface area contributed by atoms with Crippen molar-refractivity contribution in [3.05, 3.63) is 60.7 Å². The summed E-state index contributed by atoms with van der Waals surface area (Å²) in [6.07, 6.45) is 6.89. The summed E-state index contributed by atoms with van der Waals surface area (Å²) in [4.78, 5) is 20.3. The predicted molar refractivity (Wildman–Crippen MR) is 144 cm³/mol. The lowest BCUT2D eigenvalue weighted by atomic mass is 9.76. The zero-order valence-electron chi connectivity index (χ0n) is 19.9. The number of halogens is 3. The number of aliphatic hydroxyl groups is 1. The van der Waals surface area contributed by atoms with Crippen molar-refractivity contribution >= 4 is 49.4 Å². The maximum absolute atomic E-state index is 13.3. The number of hydrogen-bond donors (Lipinski definition) is 1. The molecule has 1 aromatic carbocycles. The van der Waals surface area contributed by atoms with Gasteiger partial charge < -0.3 is 14.7 Å². The van der Waals surface area contributed by atoms with Gasteiger partial charge in [0.1, 0.15) is 0 Å². The molecule has 1 saturated carbocycles. The molecule has 3 aliphatic rings. The first-order valence-electron chi connectivity index (χ1n) is 12.5. The second kappa shape index (κ2) is 10.8. The Labute approximate surface area is 228 Å². The molecular weight excluding hydrogens is 596 g/mol. The smallest absolute Gasteiger partial charge is 0.225 e. The monoisotopic (exact) mass is 624 g/mol. The highest BCUT2D eigenvalue weighted by Gasteiger charge is 2.39. The van der Waals surface area contributed by atoms with Crippen LogP contribution in [0.1, 0.15) is 60.4 Å². The van der Waals surface area contributed by atoms with Gasteiger partial charge in [0, 0.05) is 52.2 Å². The fraction of sp³-hybridized carbons (Fsp3) is 0.556. The SMILES string of the molecule is COC1CC(C(=O)N2CCC([C@H]3c4ncc(Br)cc4CCc4cc(Cl)cc(Br)c43)CC2)CCC1O. The molecule has 2 fully saturated rings. The summed E-state index contributed by atoms with van der Waals surface area (Å²) in [5, 5.41) is 10.9. The Morgan fingerprint density at radius 2 is 1.86 bits per heavy atom. The Bertz CT molecular complexity index is 1110. The quantitative estimate of drug-likeness (QED) is 0.461. The molecule has 0 bridgehead atoms. The second-order valence-corrected chi connectivity index (χ2v) is 12.4. The first-order valence-corrected chi connectivity index (χ1v) is 14.4. The van der Waals surface area contributed by atoms with Crippen LogP contribution in [-0.4, -0.2) is 53.3 Å². The van der Waals surface area contributed by atoms with E-state index in [0.29, 0.717) is 18.8 Å². The number of likely N-dealkylation sites (tertiary alicyclic amines) is 1. The molecule has 35 heavy (non-hydrogen) atoms. The van der Waals surface area contributed by atoms with Crippen LogP contribution in [0.4, 0.5) is 0 Å². The average molecular weight is 627 g/mol. The number of pyridine rings is 1. The molecule has 0 spiro atoms. The molecule has 2 aromatic rings. The van der Waals surface area contributed by atoms with Crippen LogP contribution >= 0.6 is 43.5 Å². The van der Waals surface area contributed by atoms with Crippen LogP contribution in [0, 0.1) is 11.8 Å². The van der Waals surface area contributed by atoms with Gasteiger partial charge in [-0.05, 0) is 102 Å². The molecule has 1 N–H and O–H groups in total. The third kappa shape index (κ3) is 5.22. The number of aromatic nitrogens is 1.